The van der Waals surface area contributed by atoms with Crippen molar-refractivity contribution < 1.29 is 27.5 Å². The average Bonchev–Trinajstić information content (AvgIpc) is 3.82. The lowest BCUT2D eigenvalue weighted by Gasteiger charge is -2.28. The Balaban J connectivity index is 1.17. The smallest absolute Gasteiger partial charge is 0.439 e. The zero-order valence-electron chi connectivity index (χ0n) is 26.0. The Hall–Kier alpha value is -5.07. The van der Waals surface area contributed by atoms with Gasteiger partial charge in [0.15, 0.2) is 17.3 Å². The molecule has 8 rings (SSSR count). The summed E-state index contributed by atoms with van der Waals surface area (Å²) in [5.74, 6) is -1.74. The molecule has 0 saturated carbocycles. The zero-order chi connectivity index (χ0) is 33.4. The summed E-state index contributed by atoms with van der Waals surface area (Å²) in [5.41, 5.74) is 2.68. The summed E-state index contributed by atoms with van der Waals surface area (Å²) in [5, 5.41) is 4.27. The van der Waals surface area contributed by atoms with Gasteiger partial charge in [0.1, 0.15) is 23.2 Å². The summed E-state index contributed by atoms with van der Waals surface area (Å²) < 4.78 is 57.0. The van der Waals surface area contributed by atoms with Crippen LogP contribution in [0.3, 0.4) is 0 Å². The van der Waals surface area contributed by atoms with Crippen molar-refractivity contribution in [2.45, 2.75) is 39.0 Å². The lowest BCUT2D eigenvalue weighted by atomic mass is 9.87. The van der Waals surface area contributed by atoms with Gasteiger partial charge in [-0.25, -0.2) is 18.6 Å². The van der Waals surface area contributed by atoms with E-state index in [0.717, 1.165) is 5.52 Å². The first-order valence-corrected chi connectivity index (χ1v) is 15.6. The third-order valence-electron chi connectivity index (χ3n) is 8.99. The Morgan fingerprint density at radius 2 is 1.88 bits per heavy atom. The molecule has 0 aliphatic carbocycles. The normalized spacial score (nSPS) is 19.8. The molecule has 48 heavy (non-hydrogen) atoms. The lowest BCUT2D eigenvalue weighted by Crippen LogP contribution is -2.32. The first kappa shape index (κ1) is 30.3. The van der Waals surface area contributed by atoms with Crippen LogP contribution < -0.4 is 15.2 Å². The fourth-order valence-electron chi connectivity index (χ4n) is 6.48. The Labute approximate surface area is 277 Å². The van der Waals surface area contributed by atoms with Crippen LogP contribution in [0.5, 0.6) is 11.5 Å². The molecule has 10 nitrogen and oxygen atoms in total. The van der Waals surface area contributed by atoms with Crippen LogP contribution in [-0.4, -0.2) is 37.9 Å². The lowest BCUT2D eigenvalue weighted by molar-refractivity contribution is -0.0715. The highest BCUT2D eigenvalue weighted by atomic mass is 35.5. The van der Waals surface area contributed by atoms with Gasteiger partial charge in [0.05, 0.1) is 35.3 Å². The molecule has 1 fully saturated rings. The van der Waals surface area contributed by atoms with Crippen molar-refractivity contribution in [3.63, 3.8) is 0 Å². The number of halogens is 3. The molecule has 0 bridgehead atoms. The van der Waals surface area contributed by atoms with Crippen molar-refractivity contribution in [2.75, 3.05) is 13.2 Å². The Bertz CT molecular complexity index is 2280. The number of aromatic amines is 1. The SMILES string of the molecule is CC1(C)COC[C@H]1n1c(Cc2cc(F)c(-c3cccc4c3O[C@@](C)(c3ccc(Cl)cn3)O4)cc2F)nc2ccc(-c3noc(=O)[nH]3)cc21. The largest absolute Gasteiger partial charge is 0.443 e. The van der Waals surface area contributed by atoms with E-state index in [9.17, 15) is 4.79 Å². The molecule has 2 atom stereocenters. The number of nitrogens with zero attached hydrogens (tertiary/aromatic N) is 4. The maximum absolute atomic E-state index is 16.0. The summed E-state index contributed by atoms with van der Waals surface area (Å²) in [6, 6.07) is 16.0. The molecule has 3 aromatic heterocycles. The van der Waals surface area contributed by atoms with E-state index in [1.807, 2.05) is 10.6 Å². The monoisotopic (exact) mass is 671 g/mol. The molecule has 0 radical (unpaired) electrons. The van der Waals surface area contributed by atoms with Crippen molar-refractivity contribution in [2.24, 2.45) is 5.41 Å². The minimum absolute atomic E-state index is 0.00718. The topological polar surface area (TPSA) is 117 Å². The van der Waals surface area contributed by atoms with Gasteiger partial charge in [-0.2, -0.15) is 0 Å². The highest BCUT2D eigenvalue weighted by Gasteiger charge is 2.42. The molecule has 0 unspecified atom stereocenters. The third-order valence-corrected chi connectivity index (χ3v) is 9.21. The van der Waals surface area contributed by atoms with E-state index < -0.39 is 23.2 Å². The number of rotatable bonds is 6. The van der Waals surface area contributed by atoms with E-state index >= 15 is 8.78 Å². The highest BCUT2D eigenvalue weighted by Crippen LogP contribution is 2.49. The number of para-hydroxylation sites is 1. The van der Waals surface area contributed by atoms with Crippen molar-refractivity contribution in [3.05, 3.63) is 111 Å². The van der Waals surface area contributed by atoms with Crippen LogP contribution in [-0.2, 0) is 16.9 Å². The molecular weight excluding hydrogens is 644 g/mol. The van der Waals surface area contributed by atoms with Crippen LogP contribution in [0, 0.1) is 17.0 Å². The molecule has 1 N–H and O–H groups in total. The first-order chi connectivity index (χ1) is 23.0. The fraction of sp³-hybridized carbons (Fsp3) is 0.257. The van der Waals surface area contributed by atoms with E-state index in [0.29, 0.717) is 52.1 Å². The van der Waals surface area contributed by atoms with Gasteiger partial charge in [0.2, 0.25) is 0 Å². The molecule has 13 heteroatoms. The maximum Gasteiger partial charge on any atom is 0.439 e. The number of fused-ring (bicyclic) bond motifs is 2. The summed E-state index contributed by atoms with van der Waals surface area (Å²) in [7, 11) is 0. The second-order valence-electron chi connectivity index (χ2n) is 12.8. The Morgan fingerprint density at radius 3 is 2.60 bits per heavy atom. The van der Waals surface area contributed by atoms with Crippen LogP contribution in [0.1, 0.15) is 43.9 Å². The van der Waals surface area contributed by atoms with Gasteiger partial charge in [-0.05, 0) is 54.1 Å². The summed E-state index contributed by atoms with van der Waals surface area (Å²) in [4.78, 5) is 23.4. The van der Waals surface area contributed by atoms with E-state index in [1.165, 1.54) is 18.3 Å². The van der Waals surface area contributed by atoms with E-state index in [-0.39, 0.29) is 40.6 Å². The minimum Gasteiger partial charge on any atom is -0.443 e. The fourth-order valence-corrected chi connectivity index (χ4v) is 6.60. The number of nitrogens with one attached hydrogen (secondary N) is 1. The van der Waals surface area contributed by atoms with Gasteiger partial charge in [-0.15, -0.1) is 0 Å². The molecule has 2 aliphatic heterocycles. The highest BCUT2D eigenvalue weighted by molar-refractivity contribution is 6.30. The molecule has 244 valence electrons. The van der Waals surface area contributed by atoms with Gasteiger partial charge in [0.25, 0.3) is 5.79 Å². The van der Waals surface area contributed by atoms with Crippen LogP contribution in [0.25, 0.3) is 33.5 Å². The number of hydrogen-bond acceptors (Lipinski definition) is 8. The number of aromatic nitrogens is 5. The predicted molar refractivity (Wildman–Crippen MR) is 172 cm³/mol. The van der Waals surface area contributed by atoms with E-state index in [2.05, 4.69) is 29.0 Å². The second-order valence-corrected chi connectivity index (χ2v) is 13.2. The molecule has 0 amide bonds. The molecule has 6 aromatic rings. The van der Waals surface area contributed by atoms with Gasteiger partial charge < -0.3 is 18.8 Å². The van der Waals surface area contributed by atoms with E-state index in [4.69, 9.17) is 35.3 Å². The van der Waals surface area contributed by atoms with Gasteiger partial charge >= 0.3 is 5.76 Å². The quantitative estimate of drug-likeness (QED) is 0.198. The van der Waals surface area contributed by atoms with Crippen LogP contribution in [0.4, 0.5) is 8.78 Å². The summed E-state index contributed by atoms with van der Waals surface area (Å²) in [6.07, 6.45) is 1.49. The molecule has 0 spiro atoms. The Kier molecular flexibility index (Phi) is 6.93. The van der Waals surface area contributed by atoms with Gasteiger partial charge in [0, 0.05) is 41.6 Å². The molecule has 2 aliphatic rings. The number of hydrogen-bond donors (Lipinski definition) is 1. The number of imidazole rings is 1. The number of H-pyrrole nitrogens is 1. The first-order valence-electron chi connectivity index (χ1n) is 15.3. The minimum atomic E-state index is -1.29. The van der Waals surface area contributed by atoms with Gasteiger partial charge in [-0.3, -0.25) is 14.5 Å². The van der Waals surface area contributed by atoms with Crippen molar-refractivity contribution >= 4 is 22.6 Å². The summed E-state index contributed by atoms with van der Waals surface area (Å²) >= 11 is 6.01. The zero-order valence-corrected chi connectivity index (χ0v) is 26.8. The van der Waals surface area contributed by atoms with Crippen LogP contribution in [0.2, 0.25) is 5.02 Å². The number of pyridine rings is 1. The van der Waals surface area contributed by atoms with Crippen molar-refractivity contribution in [1.29, 1.82) is 0 Å². The number of benzene rings is 3. The third kappa shape index (κ3) is 5.03. The molecular formula is C35H28ClF2N5O5. The maximum atomic E-state index is 16.0. The number of ether oxygens (including phenoxy) is 3. The van der Waals surface area contributed by atoms with E-state index in [1.54, 1.807) is 49.4 Å². The van der Waals surface area contributed by atoms with Crippen LogP contribution in [0.15, 0.2) is 76.2 Å². The molecule has 3 aromatic carbocycles. The second kappa shape index (κ2) is 11.0. The average molecular weight is 672 g/mol. The van der Waals surface area contributed by atoms with Crippen molar-refractivity contribution in [3.8, 4) is 34.0 Å². The van der Waals surface area contributed by atoms with Gasteiger partial charge in [-0.1, -0.05) is 42.7 Å². The molecule has 5 heterocycles. The molecule has 1 saturated heterocycles. The van der Waals surface area contributed by atoms with Crippen LogP contribution >= 0.6 is 11.6 Å². The predicted octanol–water partition coefficient (Wildman–Crippen LogP) is 7.21. The Morgan fingerprint density at radius 1 is 1.02 bits per heavy atom. The van der Waals surface area contributed by atoms with Crippen molar-refractivity contribution in [1.82, 2.24) is 24.7 Å². The standard InChI is InChI=1S/C35H28ClF2N5O5/c1-34(2)17-45-16-29(34)43-26-12-18(32-41-33(44)48-42-32)7-9-25(26)40-30(43)13-19-11-24(38)22(14-23(19)37)21-5-4-6-27-31(21)47-35(3,46-27)28-10-8-20(36)15-39-28/h4-12,14-15,29H,13,16-17H2,1-3H3,(H,41,42,44)/t29-,35+/m1/s1. The summed E-state index contributed by atoms with van der Waals surface area (Å²) in [6.45, 7) is 6.81.